The average Bonchev–Trinajstić information content (AvgIpc) is 3.39. The first-order chi connectivity index (χ1) is 17.6. The quantitative estimate of drug-likeness (QED) is 0.160. The molecule has 3 aromatic rings. The summed E-state index contributed by atoms with van der Waals surface area (Å²) in [5, 5.41) is 27.6. The zero-order valence-electron chi connectivity index (χ0n) is 20.5. The highest BCUT2D eigenvalue weighted by Crippen LogP contribution is 2.43. The number of rotatable bonds is 7. The van der Waals surface area contributed by atoms with Crippen molar-refractivity contribution in [1.29, 1.82) is 0 Å². The molecule has 2 heterocycles. The fraction of sp³-hybridized carbons (Fsp3) is 0.269. The summed E-state index contributed by atoms with van der Waals surface area (Å²) in [6.07, 6.45) is 1.98. The van der Waals surface area contributed by atoms with Gasteiger partial charge in [-0.15, -0.1) is 10.2 Å². The van der Waals surface area contributed by atoms with Crippen LogP contribution in [0.1, 0.15) is 48.9 Å². The van der Waals surface area contributed by atoms with E-state index < -0.39 is 23.7 Å². The number of nitrogens with zero attached hydrogens (tertiary/aromatic N) is 3. The van der Waals surface area contributed by atoms with Crippen LogP contribution in [-0.4, -0.2) is 44.7 Å². The molecule has 1 atom stereocenters. The van der Waals surface area contributed by atoms with Crippen LogP contribution in [0.4, 0.5) is 5.13 Å². The lowest BCUT2D eigenvalue weighted by molar-refractivity contribution is -0.134. The molecule has 0 aliphatic carbocycles. The molecule has 1 aliphatic rings. The van der Waals surface area contributed by atoms with E-state index in [2.05, 4.69) is 33.1 Å². The highest BCUT2D eigenvalue weighted by atomic mass is 79.9. The highest BCUT2D eigenvalue weighted by molar-refractivity contribution is 9.10. The molecule has 4 rings (SSSR count). The molecule has 9 nitrogen and oxygen atoms in total. The molecule has 1 unspecified atom stereocenters. The third kappa shape index (κ3) is 6.80. The summed E-state index contributed by atoms with van der Waals surface area (Å²) in [6, 6.07) is 13.3. The van der Waals surface area contributed by atoms with Crippen LogP contribution in [0.2, 0.25) is 0 Å². The lowest BCUT2D eigenvalue weighted by Crippen LogP contribution is -2.29. The van der Waals surface area contributed by atoms with E-state index in [1.807, 2.05) is 18.2 Å². The molecule has 1 amide bonds. The number of carboxylic acids is 1. The number of Topliss-reactive ketones (excluding diaryl/α,β-unsaturated/α-hetero) is 1. The first kappa shape index (κ1) is 28.0. The van der Waals surface area contributed by atoms with Crippen LogP contribution < -0.4 is 9.64 Å². The molecule has 1 aliphatic heterocycles. The van der Waals surface area contributed by atoms with Crippen molar-refractivity contribution in [3.63, 3.8) is 0 Å². The van der Waals surface area contributed by atoms with Gasteiger partial charge in [-0.1, -0.05) is 52.7 Å². The van der Waals surface area contributed by atoms with E-state index in [1.54, 1.807) is 37.3 Å². The highest BCUT2D eigenvalue weighted by Gasteiger charge is 2.48. The molecular weight excluding hydrogens is 562 g/mol. The maximum absolute atomic E-state index is 13.1. The van der Waals surface area contributed by atoms with Gasteiger partial charge in [0.05, 0.1) is 18.2 Å². The summed E-state index contributed by atoms with van der Waals surface area (Å²) in [5.41, 5.74) is 1.09. The fourth-order valence-electron chi connectivity index (χ4n) is 3.60. The first-order valence-electron chi connectivity index (χ1n) is 11.4. The van der Waals surface area contributed by atoms with Gasteiger partial charge in [0.15, 0.2) is 0 Å². The molecule has 1 fully saturated rings. The summed E-state index contributed by atoms with van der Waals surface area (Å²) >= 11 is 4.66. The van der Waals surface area contributed by atoms with E-state index in [-0.39, 0.29) is 11.3 Å². The second-order valence-electron chi connectivity index (χ2n) is 8.07. The Labute approximate surface area is 226 Å². The number of unbranched alkanes of at least 4 members (excludes halogenated alkanes) is 1. The van der Waals surface area contributed by atoms with Gasteiger partial charge < -0.3 is 14.9 Å². The van der Waals surface area contributed by atoms with Gasteiger partial charge in [-0.3, -0.25) is 19.3 Å². The van der Waals surface area contributed by atoms with Gasteiger partial charge in [0.2, 0.25) is 5.13 Å². The molecule has 0 saturated carbocycles. The number of hydrogen-bond acceptors (Lipinski definition) is 8. The molecule has 1 saturated heterocycles. The molecule has 11 heteroatoms. The van der Waals surface area contributed by atoms with Crippen molar-refractivity contribution in [1.82, 2.24) is 10.2 Å². The Balaban J connectivity index is 0.000000886. The van der Waals surface area contributed by atoms with Crippen LogP contribution in [0, 0.1) is 6.92 Å². The SMILES string of the molecule is CC(=O)O.CCCCOc1ccc(C(O)=C2C(=O)C(=O)N(c3nnc(C)s3)C2c2cccc(Br)c2)cc1. The predicted octanol–water partition coefficient (Wildman–Crippen LogP) is 5.51. The van der Waals surface area contributed by atoms with Crippen LogP contribution in [-0.2, 0) is 14.4 Å². The van der Waals surface area contributed by atoms with Gasteiger partial charge in [0, 0.05) is 17.0 Å². The molecule has 0 bridgehead atoms. The monoisotopic (exact) mass is 587 g/mol. The molecule has 2 aromatic carbocycles. The molecule has 0 spiro atoms. The number of aliphatic carboxylic acids is 1. The largest absolute Gasteiger partial charge is 0.507 e. The Bertz CT molecular complexity index is 1320. The van der Waals surface area contributed by atoms with E-state index in [0.29, 0.717) is 33.6 Å². The van der Waals surface area contributed by atoms with E-state index >= 15 is 0 Å². The van der Waals surface area contributed by atoms with Crippen molar-refractivity contribution < 1.29 is 29.3 Å². The molecule has 37 heavy (non-hydrogen) atoms. The Morgan fingerprint density at radius 2 is 1.81 bits per heavy atom. The number of halogens is 1. The number of ether oxygens (including phenoxy) is 1. The van der Waals surface area contributed by atoms with Gasteiger partial charge in [-0.05, 0) is 55.3 Å². The average molecular weight is 588 g/mol. The standard InChI is InChI=1S/C24H22BrN3O4S.C2H4O2/c1-3-4-12-32-18-10-8-15(9-11-18)21(29)19-20(16-6-5-7-17(25)13-16)28(23(31)22(19)30)24-27-26-14(2)33-24;1-2(3)4/h5-11,13,20,29H,3-4,12H2,1-2H3;1H3,(H,3,4). The Kier molecular flexibility index (Phi) is 9.54. The first-order valence-corrected chi connectivity index (χ1v) is 13.0. The number of carbonyl (C=O) groups excluding carboxylic acids is 2. The number of aliphatic hydroxyl groups is 1. The molecular formula is C26H26BrN3O6S. The van der Waals surface area contributed by atoms with Crippen LogP contribution in [0.5, 0.6) is 5.75 Å². The van der Waals surface area contributed by atoms with E-state index in [4.69, 9.17) is 14.6 Å². The van der Waals surface area contributed by atoms with Gasteiger partial charge in [0.25, 0.3) is 11.8 Å². The summed E-state index contributed by atoms with van der Waals surface area (Å²) in [4.78, 5) is 36.5. The summed E-state index contributed by atoms with van der Waals surface area (Å²) in [6.45, 7) is 5.55. The summed E-state index contributed by atoms with van der Waals surface area (Å²) in [5.74, 6) is -1.93. The number of benzene rings is 2. The Morgan fingerprint density at radius 1 is 1.14 bits per heavy atom. The van der Waals surface area contributed by atoms with Gasteiger partial charge in [-0.2, -0.15) is 0 Å². The van der Waals surface area contributed by atoms with Crippen molar-refractivity contribution in [3.05, 3.63) is 74.7 Å². The van der Waals surface area contributed by atoms with Crippen molar-refractivity contribution in [3.8, 4) is 5.75 Å². The van der Waals surface area contributed by atoms with Crippen molar-refractivity contribution in [2.45, 2.75) is 39.7 Å². The number of carboxylic acid groups (broad SMARTS) is 1. The van der Waals surface area contributed by atoms with Crippen LogP contribution >= 0.6 is 27.3 Å². The number of aryl methyl sites for hydroxylation is 1. The smallest absolute Gasteiger partial charge is 0.301 e. The number of anilines is 1. The van der Waals surface area contributed by atoms with Gasteiger partial charge in [-0.25, -0.2) is 0 Å². The molecule has 0 radical (unpaired) electrons. The predicted molar refractivity (Wildman–Crippen MR) is 144 cm³/mol. The maximum Gasteiger partial charge on any atom is 0.301 e. The van der Waals surface area contributed by atoms with E-state index in [1.165, 1.54) is 16.2 Å². The Hall–Kier alpha value is -3.57. The van der Waals surface area contributed by atoms with Crippen molar-refractivity contribution in [2.75, 3.05) is 11.5 Å². The zero-order valence-corrected chi connectivity index (χ0v) is 22.9. The number of aliphatic hydroxyl groups excluding tert-OH is 1. The van der Waals surface area contributed by atoms with E-state index in [0.717, 1.165) is 24.2 Å². The second-order valence-corrected chi connectivity index (χ2v) is 10.1. The summed E-state index contributed by atoms with van der Waals surface area (Å²) in [7, 11) is 0. The lowest BCUT2D eigenvalue weighted by Gasteiger charge is -2.22. The van der Waals surface area contributed by atoms with Gasteiger partial charge in [0.1, 0.15) is 16.5 Å². The minimum absolute atomic E-state index is 0.00519. The minimum atomic E-state index is -0.838. The topological polar surface area (TPSA) is 130 Å². The molecule has 2 N–H and O–H groups in total. The minimum Gasteiger partial charge on any atom is -0.507 e. The van der Waals surface area contributed by atoms with Crippen molar-refractivity contribution in [2.24, 2.45) is 0 Å². The number of amides is 1. The van der Waals surface area contributed by atoms with Crippen molar-refractivity contribution >= 4 is 55.8 Å². The van der Waals surface area contributed by atoms with Crippen LogP contribution in [0.25, 0.3) is 5.76 Å². The number of carbonyl (C=O) groups is 3. The summed E-state index contributed by atoms with van der Waals surface area (Å²) < 4.78 is 6.46. The fourth-order valence-corrected chi connectivity index (χ4v) is 4.74. The molecule has 1 aromatic heterocycles. The zero-order chi connectivity index (χ0) is 27.1. The van der Waals surface area contributed by atoms with Crippen LogP contribution in [0.3, 0.4) is 0 Å². The maximum atomic E-state index is 13.1. The molecule has 194 valence electrons. The van der Waals surface area contributed by atoms with Gasteiger partial charge >= 0.3 is 5.91 Å². The van der Waals surface area contributed by atoms with Crippen LogP contribution in [0.15, 0.2) is 58.6 Å². The number of ketones is 1. The third-order valence-electron chi connectivity index (χ3n) is 5.22. The number of hydrogen-bond donors (Lipinski definition) is 2. The lowest BCUT2D eigenvalue weighted by atomic mass is 9.95. The Morgan fingerprint density at radius 3 is 2.38 bits per heavy atom. The normalized spacial score (nSPS) is 16.3. The number of aromatic nitrogens is 2. The second kappa shape index (κ2) is 12.6. The third-order valence-corrected chi connectivity index (χ3v) is 6.56. The van der Waals surface area contributed by atoms with E-state index in [9.17, 15) is 14.7 Å².